The Labute approximate surface area is 160 Å². The summed E-state index contributed by atoms with van der Waals surface area (Å²) in [5.41, 5.74) is 2.50. The van der Waals surface area contributed by atoms with E-state index >= 15 is 0 Å². The van der Waals surface area contributed by atoms with E-state index in [1.54, 1.807) is 30.3 Å². The molecule has 3 rings (SSSR count). The van der Waals surface area contributed by atoms with Crippen molar-refractivity contribution in [3.8, 4) is 17.3 Å². The van der Waals surface area contributed by atoms with Crippen molar-refractivity contribution in [3.05, 3.63) is 80.1 Å². The first kappa shape index (κ1) is 18.4. The van der Waals surface area contributed by atoms with E-state index in [9.17, 15) is 18.8 Å². The molecule has 0 unspecified atom stereocenters. The van der Waals surface area contributed by atoms with Gasteiger partial charge in [-0.25, -0.2) is 19.2 Å². The molecule has 9 heteroatoms. The number of hydrazone groups is 1. The first-order chi connectivity index (χ1) is 13.0. The molecule has 0 fully saturated rings. The molecular formula is C18H10BrF2N5O. The summed E-state index contributed by atoms with van der Waals surface area (Å²) in [5.74, 6) is -1.58. The number of anilines is 1. The van der Waals surface area contributed by atoms with Gasteiger partial charge in [0.25, 0.3) is 5.56 Å². The van der Waals surface area contributed by atoms with Gasteiger partial charge in [-0.3, -0.25) is 9.78 Å². The molecule has 0 saturated heterocycles. The van der Waals surface area contributed by atoms with E-state index in [0.29, 0.717) is 5.56 Å². The van der Waals surface area contributed by atoms with E-state index in [1.165, 1.54) is 6.07 Å². The highest BCUT2D eigenvalue weighted by Crippen LogP contribution is 2.22. The van der Waals surface area contributed by atoms with Crippen LogP contribution in [0.25, 0.3) is 11.3 Å². The zero-order valence-electron chi connectivity index (χ0n) is 13.5. The van der Waals surface area contributed by atoms with E-state index in [-0.39, 0.29) is 27.2 Å². The van der Waals surface area contributed by atoms with Crippen LogP contribution in [0.4, 0.5) is 14.7 Å². The first-order valence-electron chi connectivity index (χ1n) is 7.53. The molecule has 0 atom stereocenters. The molecule has 0 aliphatic carbocycles. The molecule has 0 bridgehead atoms. The lowest BCUT2D eigenvalue weighted by molar-refractivity contribution is 0.570. The van der Waals surface area contributed by atoms with Crippen molar-refractivity contribution in [2.75, 3.05) is 5.43 Å². The molecule has 1 aromatic heterocycles. The Bertz CT molecular complexity index is 1120. The van der Waals surface area contributed by atoms with E-state index in [2.05, 4.69) is 36.4 Å². The summed E-state index contributed by atoms with van der Waals surface area (Å²) < 4.78 is 26.9. The fraction of sp³-hybridized carbons (Fsp3) is 0. The highest BCUT2D eigenvalue weighted by Gasteiger charge is 2.13. The van der Waals surface area contributed by atoms with Crippen LogP contribution in [0, 0.1) is 23.0 Å². The molecule has 134 valence electrons. The topological polar surface area (TPSA) is 93.9 Å². The van der Waals surface area contributed by atoms with Crippen molar-refractivity contribution in [1.82, 2.24) is 9.97 Å². The summed E-state index contributed by atoms with van der Waals surface area (Å²) in [7, 11) is 0. The van der Waals surface area contributed by atoms with Crippen molar-refractivity contribution in [2.45, 2.75) is 0 Å². The van der Waals surface area contributed by atoms with Gasteiger partial charge in [-0.1, -0.05) is 30.3 Å². The Morgan fingerprint density at radius 3 is 2.67 bits per heavy atom. The average Bonchev–Trinajstić information content (AvgIpc) is 2.68. The predicted molar refractivity (Wildman–Crippen MR) is 100 cm³/mol. The van der Waals surface area contributed by atoms with Crippen molar-refractivity contribution < 1.29 is 8.78 Å². The van der Waals surface area contributed by atoms with Gasteiger partial charge < -0.3 is 0 Å². The van der Waals surface area contributed by atoms with Gasteiger partial charge in [0.05, 0.1) is 16.4 Å². The second-order valence-electron chi connectivity index (χ2n) is 5.25. The summed E-state index contributed by atoms with van der Waals surface area (Å²) in [6, 6.07) is 12.8. The minimum absolute atomic E-state index is 0.0232. The normalized spacial score (nSPS) is 10.7. The number of nitrogens with zero attached hydrogens (tertiary/aromatic N) is 3. The van der Waals surface area contributed by atoms with Gasteiger partial charge in [-0.15, -0.1) is 0 Å². The molecule has 2 N–H and O–H groups in total. The van der Waals surface area contributed by atoms with Crippen LogP contribution in [0.5, 0.6) is 0 Å². The third kappa shape index (κ3) is 3.91. The summed E-state index contributed by atoms with van der Waals surface area (Å²) in [6.45, 7) is 0. The molecule has 0 aliphatic heterocycles. The quantitative estimate of drug-likeness (QED) is 0.374. The number of aromatic nitrogens is 2. The van der Waals surface area contributed by atoms with E-state index < -0.39 is 17.2 Å². The number of hydrogen-bond donors (Lipinski definition) is 2. The molecule has 0 aliphatic rings. The SMILES string of the molecule is N#Cc1c(-c2ccccc2)nc(NN=Cc2ccc(F)c(Br)c2F)[nH]c1=O. The number of H-pyrrole nitrogens is 1. The number of aromatic amines is 1. The van der Waals surface area contributed by atoms with Crippen LogP contribution in [0.3, 0.4) is 0 Å². The highest BCUT2D eigenvalue weighted by molar-refractivity contribution is 9.10. The van der Waals surface area contributed by atoms with Crippen LogP contribution < -0.4 is 11.0 Å². The highest BCUT2D eigenvalue weighted by atomic mass is 79.9. The minimum atomic E-state index is -0.813. The maximum Gasteiger partial charge on any atom is 0.270 e. The van der Waals surface area contributed by atoms with Gasteiger partial charge in [0.15, 0.2) is 0 Å². The van der Waals surface area contributed by atoms with Crippen molar-refractivity contribution in [3.63, 3.8) is 0 Å². The van der Waals surface area contributed by atoms with Gasteiger partial charge in [0.1, 0.15) is 23.3 Å². The lowest BCUT2D eigenvalue weighted by Gasteiger charge is -2.06. The fourth-order valence-corrected chi connectivity index (χ4v) is 2.60. The zero-order valence-corrected chi connectivity index (χ0v) is 15.1. The lowest BCUT2D eigenvalue weighted by atomic mass is 10.1. The summed E-state index contributed by atoms with van der Waals surface area (Å²) in [4.78, 5) is 18.7. The lowest BCUT2D eigenvalue weighted by Crippen LogP contribution is -2.16. The van der Waals surface area contributed by atoms with Gasteiger partial charge in [-0.2, -0.15) is 10.4 Å². The Kier molecular flexibility index (Phi) is 5.38. The minimum Gasteiger partial charge on any atom is -0.290 e. The van der Waals surface area contributed by atoms with Gasteiger partial charge in [-0.05, 0) is 28.1 Å². The van der Waals surface area contributed by atoms with Crippen LogP contribution >= 0.6 is 15.9 Å². The number of halogens is 3. The smallest absolute Gasteiger partial charge is 0.270 e. The maximum atomic E-state index is 13.9. The number of hydrogen-bond acceptors (Lipinski definition) is 5. The van der Waals surface area contributed by atoms with Crippen LogP contribution in [-0.2, 0) is 0 Å². The Balaban J connectivity index is 1.93. The molecule has 3 aromatic rings. The Morgan fingerprint density at radius 1 is 1.22 bits per heavy atom. The van der Waals surface area contributed by atoms with Crippen LogP contribution in [0.2, 0.25) is 0 Å². The van der Waals surface area contributed by atoms with E-state index in [4.69, 9.17) is 0 Å². The Hall–Kier alpha value is -3.38. The molecule has 0 amide bonds. The first-order valence-corrected chi connectivity index (χ1v) is 8.33. The zero-order chi connectivity index (χ0) is 19.4. The maximum absolute atomic E-state index is 13.9. The number of rotatable bonds is 4. The number of nitrogens with one attached hydrogen (secondary N) is 2. The molecule has 1 heterocycles. The van der Waals surface area contributed by atoms with Crippen LogP contribution in [0.1, 0.15) is 11.1 Å². The molecular weight excluding hydrogens is 420 g/mol. The second kappa shape index (κ2) is 7.88. The number of nitriles is 1. The molecule has 27 heavy (non-hydrogen) atoms. The fourth-order valence-electron chi connectivity index (χ4n) is 2.24. The predicted octanol–water partition coefficient (Wildman–Crippen LogP) is 3.80. The van der Waals surface area contributed by atoms with Gasteiger partial charge in [0, 0.05) is 11.1 Å². The van der Waals surface area contributed by atoms with Crippen molar-refractivity contribution in [2.24, 2.45) is 5.10 Å². The monoisotopic (exact) mass is 429 g/mol. The molecule has 0 saturated carbocycles. The molecule has 2 aromatic carbocycles. The van der Waals surface area contributed by atoms with E-state index in [1.807, 2.05) is 6.07 Å². The largest absolute Gasteiger partial charge is 0.290 e. The van der Waals surface area contributed by atoms with Gasteiger partial charge >= 0.3 is 0 Å². The summed E-state index contributed by atoms with van der Waals surface area (Å²) in [6.07, 6.45) is 1.11. The van der Waals surface area contributed by atoms with E-state index in [0.717, 1.165) is 12.3 Å². The molecule has 6 nitrogen and oxygen atoms in total. The van der Waals surface area contributed by atoms with Crippen molar-refractivity contribution >= 4 is 28.1 Å². The number of benzene rings is 2. The summed E-state index contributed by atoms with van der Waals surface area (Å²) >= 11 is 2.81. The molecule has 0 radical (unpaired) electrons. The standard InChI is InChI=1S/C18H10BrF2N5O/c19-14-13(20)7-6-11(15(14)21)9-23-26-18-24-16(10-4-2-1-3-5-10)12(8-22)17(27)25-18/h1-7,9H,(H2,24,25,26,27). The third-order valence-corrected chi connectivity index (χ3v) is 4.24. The summed E-state index contributed by atoms with van der Waals surface area (Å²) in [5, 5.41) is 13.0. The van der Waals surface area contributed by atoms with Crippen LogP contribution in [0.15, 0.2) is 56.8 Å². The molecule has 0 spiro atoms. The third-order valence-electron chi connectivity index (χ3n) is 3.52. The van der Waals surface area contributed by atoms with Crippen LogP contribution in [-0.4, -0.2) is 16.2 Å². The second-order valence-corrected chi connectivity index (χ2v) is 6.04. The Morgan fingerprint density at radius 2 is 1.96 bits per heavy atom. The van der Waals surface area contributed by atoms with Crippen molar-refractivity contribution in [1.29, 1.82) is 5.26 Å². The van der Waals surface area contributed by atoms with Gasteiger partial charge in [0.2, 0.25) is 5.95 Å². The average molecular weight is 430 g/mol.